The highest BCUT2D eigenvalue weighted by Crippen LogP contribution is 2.36. The lowest BCUT2D eigenvalue weighted by Gasteiger charge is -2.45. The number of nitrogens with one attached hydrogen (secondary N) is 1. The molecule has 2 aliphatic heterocycles. The van der Waals surface area contributed by atoms with Crippen LogP contribution in [-0.4, -0.2) is 27.9 Å². The first-order chi connectivity index (χ1) is 13.8. The van der Waals surface area contributed by atoms with Crippen LogP contribution in [0.4, 0.5) is 0 Å². The van der Waals surface area contributed by atoms with Crippen LogP contribution in [0, 0.1) is 0 Å². The topological polar surface area (TPSA) is 45.2 Å². The molecule has 1 unspecified atom stereocenters. The fourth-order valence-electron chi connectivity index (χ4n) is 4.92. The Morgan fingerprint density at radius 3 is 2.75 bits per heavy atom. The van der Waals surface area contributed by atoms with Gasteiger partial charge in [-0.2, -0.15) is 0 Å². The van der Waals surface area contributed by atoms with Crippen molar-refractivity contribution in [2.75, 3.05) is 6.54 Å². The SMILES string of the molecule is O=C1NCc2ccccc2CC12CCCCN2Cc1ccnc2ccccc12. The van der Waals surface area contributed by atoms with Gasteiger partial charge in [0.25, 0.3) is 0 Å². The van der Waals surface area contributed by atoms with Crippen molar-refractivity contribution in [3.63, 3.8) is 0 Å². The monoisotopic (exact) mass is 371 g/mol. The summed E-state index contributed by atoms with van der Waals surface area (Å²) in [5.41, 5.74) is 4.34. The molecule has 28 heavy (non-hydrogen) atoms. The molecule has 4 heteroatoms. The molecule has 2 aliphatic rings. The predicted octanol–water partition coefficient (Wildman–Crippen LogP) is 3.83. The average Bonchev–Trinajstić information content (AvgIpc) is 2.87. The van der Waals surface area contributed by atoms with E-state index < -0.39 is 5.54 Å². The molecule has 1 fully saturated rings. The molecule has 0 aliphatic carbocycles. The molecule has 5 rings (SSSR count). The van der Waals surface area contributed by atoms with Crippen molar-refractivity contribution in [2.24, 2.45) is 0 Å². The number of carbonyl (C=O) groups excluding carboxylic acids is 1. The highest BCUT2D eigenvalue weighted by atomic mass is 16.2. The number of rotatable bonds is 2. The normalized spacial score (nSPS) is 22.6. The van der Waals surface area contributed by atoms with E-state index in [4.69, 9.17) is 0 Å². The van der Waals surface area contributed by atoms with Gasteiger partial charge < -0.3 is 5.32 Å². The second-order valence-electron chi connectivity index (χ2n) is 8.03. The number of hydrogen-bond donors (Lipinski definition) is 1. The number of pyridine rings is 1. The Labute approximate surface area is 165 Å². The fraction of sp³-hybridized carbons (Fsp3) is 0.333. The number of benzene rings is 2. The van der Waals surface area contributed by atoms with E-state index in [1.165, 1.54) is 22.1 Å². The lowest BCUT2D eigenvalue weighted by Crippen LogP contribution is -2.60. The number of aromatic nitrogens is 1. The van der Waals surface area contributed by atoms with Crippen LogP contribution in [0.15, 0.2) is 60.8 Å². The molecule has 1 aromatic heterocycles. The summed E-state index contributed by atoms with van der Waals surface area (Å²) in [7, 11) is 0. The van der Waals surface area contributed by atoms with E-state index >= 15 is 0 Å². The van der Waals surface area contributed by atoms with Crippen LogP contribution < -0.4 is 5.32 Å². The number of amides is 1. The van der Waals surface area contributed by atoms with Crippen molar-refractivity contribution in [1.29, 1.82) is 0 Å². The van der Waals surface area contributed by atoms with Gasteiger partial charge in [-0.3, -0.25) is 14.7 Å². The van der Waals surface area contributed by atoms with E-state index in [0.717, 1.165) is 44.3 Å². The van der Waals surface area contributed by atoms with Crippen molar-refractivity contribution < 1.29 is 4.79 Å². The standard InChI is InChI=1S/C24H25N3O/c28-23-24(15-18-7-1-2-8-19(18)16-26-23)12-5-6-14-27(24)17-20-11-13-25-22-10-4-3-9-21(20)22/h1-4,7-11,13H,5-6,12,14-17H2,(H,26,28). The van der Waals surface area contributed by atoms with Gasteiger partial charge in [0.05, 0.1) is 5.52 Å². The molecule has 1 spiro atoms. The Bertz CT molecular complexity index is 1030. The second-order valence-corrected chi connectivity index (χ2v) is 8.03. The number of likely N-dealkylation sites (tertiary alicyclic amines) is 1. The van der Waals surface area contributed by atoms with Crippen LogP contribution in [0.25, 0.3) is 10.9 Å². The summed E-state index contributed by atoms with van der Waals surface area (Å²) < 4.78 is 0. The number of carbonyl (C=O) groups is 1. The van der Waals surface area contributed by atoms with Crippen LogP contribution in [0.5, 0.6) is 0 Å². The molecule has 2 aromatic carbocycles. The smallest absolute Gasteiger partial charge is 0.241 e. The largest absolute Gasteiger partial charge is 0.350 e. The van der Waals surface area contributed by atoms with Crippen molar-refractivity contribution in [1.82, 2.24) is 15.2 Å². The minimum atomic E-state index is -0.463. The second kappa shape index (κ2) is 7.02. The third kappa shape index (κ3) is 2.89. The first-order valence-electron chi connectivity index (χ1n) is 10.2. The zero-order valence-electron chi connectivity index (χ0n) is 16.0. The van der Waals surface area contributed by atoms with Gasteiger partial charge in [0.1, 0.15) is 5.54 Å². The molecule has 0 saturated carbocycles. The maximum Gasteiger partial charge on any atom is 0.241 e. The van der Waals surface area contributed by atoms with Gasteiger partial charge in [0.2, 0.25) is 5.91 Å². The Kier molecular flexibility index (Phi) is 4.36. The zero-order valence-corrected chi connectivity index (χ0v) is 16.0. The molecule has 0 bridgehead atoms. The van der Waals surface area contributed by atoms with Crippen molar-refractivity contribution in [3.05, 3.63) is 77.5 Å². The number of piperidine rings is 1. The molecular weight excluding hydrogens is 346 g/mol. The number of para-hydroxylation sites is 1. The quantitative estimate of drug-likeness (QED) is 0.745. The fourth-order valence-corrected chi connectivity index (χ4v) is 4.92. The van der Waals surface area contributed by atoms with Gasteiger partial charge in [-0.25, -0.2) is 0 Å². The Balaban J connectivity index is 1.55. The molecule has 0 radical (unpaired) electrons. The lowest BCUT2D eigenvalue weighted by atomic mass is 9.80. The zero-order chi connectivity index (χ0) is 19.0. The Hall–Kier alpha value is -2.72. The minimum absolute atomic E-state index is 0.182. The Morgan fingerprint density at radius 1 is 1.00 bits per heavy atom. The van der Waals surface area contributed by atoms with Gasteiger partial charge in [-0.05, 0) is 54.6 Å². The average molecular weight is 371 g/mol. The highest BCUT2D eigenvalue weighted by Gasteiger charge is 2.46. The van der Waals surface area contributed by atoms with Crippen LogP contribution in [0.3, 0.4) is 0 Å². The summed E-state index contributed by atoms with van der Waals surface area (Å²) in [6, 6.07) is 18.9. The van der Waals surface area contributed by atoms with E-state index in [9.17, 15) is 4.79 Å². The molecule has 1 N–H and O–H groups in total. The summed E-state index contributed by atoms with van der Waals surface area (Å²) in [5, 5.41) is 4.40. The summed E-state index contributed by atoms with van der Waals surface area (Å²) in [6.07, 6.45) is 5.83. The van der Waals surface area contributed by atoms with Crippen LogP contribution in [-0.2, 0) is 24.3 Å². The number of nitrogens with zero attached hydrogens (tertiary/aromatic N) is 2. The van der Waals surface area contributed by atoms with E-state index in [2.05, 4.69) is 63.7 Å². The third-order valence-corrected chi connectivity index (χ3v) is 6.44. The van der Waals surface area contributed by atoms with Crippen LogP contribution in [0.2, 0.25) is 0 Å². The molecule has 1 amide bonds. The van der Waals surface area contributed by atoms with Crippen molar-refractivity contribution >= 4 is 16.8 Å². The van der Waals surface area contributed by atoms with Crippen LogP contribution in [0.1, 0.15) is 36.0 Å². The first-order valence-corrected chi connectivity index (χ1v) is 10.2. The van der Waals surface area contributed by atoms with Gasteiger partial charge in [0.15, 0.2) is 0 Å². The van der Waals surface area contributed by atoms with Crippen LogP contribution >= 0.6 is 0 Å². The molecule has 1 saturated heterocycles. The van der Waals surface area contributed by atoms with Gasteiger partial charge >= 0.3 is 0 Å². The van der Waals surface area contributed by atoms with Gasteiger partial charge in [0, 0.05) is 31.1 Å². The maximum atomic E-state index is 13.4. The molecular formula is C24H25N3O. The molecule has 3 aromatic rings. The van der Waals surface area contributed by atoms with E-state index in [1.54, 1.807) is 0 Å². The molecule has 1 atom stereocenters. The van der Waals surface area contributed by atoms with Gasteiger partial charge in [-0.1, -0.05) is 42.5 Å². The van der Waals surface area contributed by atoms with Crippen molar-refractivity contribution in [3.8, 4) is 0 Å². The summed E-state index contributed by atoms with van der Waals surface area (Å²) in [5.74, 6) is 0.182. The highest BCUT2D eigenvalue weighted by molar-refractivity contribution is 5.88. The minimum Gasteiger partial charge on any atom is -0.350 e. The predicted molar refractivity (Wildman–Crippen MR) is 111 cm³/mol. The van der Waals surface area contributed by atoms with E-state index in [-0.39, 0.29) is 5.91 Å². The number of hydrogen-bond acceptors (Lipinski definition) is 3. The summed E-state index contributed by atoms with van der Waals surface area (Å²) in [6.45, 7) is 2.35. The molecule has 142 valence electrons. The Morgan fingerprint density at radius 2 is 1.82 bits per heavy atom. The van der Waals surface area contributed by atoms with E-state index in [0.29, 0.717) is 6.54 Å². The number of fused-ring (bicyclic) bond motifs is 2. The van der Waals surface area contributed by atoms with Crippen molar-refractivity contribution in [2.45, 2.75) is 44.3 Å². The summed E-state index contributed by atoms with van der Waals surface area (Å²) in [4.78, 5) is 20.3. The maximum absolute atomic E-state index is 13.4. The van der Waals surface area contributed by atoms with Gasteiger partial charge in [-0.15, -0.1) is 0 Å². The van der Waals surface area contributed by atoms with E-state index in [1.807, 2.05) is 12.3 Å². The lowest BCUT2D eigenvalue weighted by molar-refractivity contribution is -0.136. The summed E-state index contributed by atoms with van der Waals surface area (Å²) >= 11 is 0. The molecule has 3 heterocycles. The third-order valence-electron chi connectivity index (χ3n) is 6.44. The molecule has 4 nitrogen and oxygen atoms in total. The first kappa shape index (κ1) is 17.4.